The first-order chi connectivity index (χ1) is 9.81. The first-order valence-electron chi connectivity index (χ1n) is 6.40. The SMILES string of the molecule is Clc1cccc(Cc2cncc(-c3ccncc3)c2)c1. The van der Waals surface area contributed by atoms with E-state index >= 15 is 0 Å². The maximum absolute atomic E-state index is 6.02. The van der Waals surface area contributed by atoms with Crippen molar-refractivity contribution in [3.63, 3.8) is 0 Å². The second-order valence-corrected chi connectivity index (χ2v) is 5.06. The molecule has 0 bridgehead atoms. The minimum Gasteiger partial charge on any atom is -0.265 e. The molecule has 2 aromatic heterocycles. The molecule has 0 saturated carbocycles. The van der Waals surface area contributed by atoms with Crippen LogP contribution in [0.4, 0.5) is 0 Å². The van der Waals surface area contributed by atoms with E-state index in [4.69, 9.17) is 11.6 Å². The van der Waals surface area contributed by atoms with Crippen molar-refractivity contribution in [2.45, 2.75) is 6.42 Å². The second kappa shape index (κ2) is 5.85. The Balaban J connectivity index is 1.88. The molecule has 0 spiro atoms. The number of nitrogens with zero attached hydrogens (tertiary/aromatic N) is 2. The number of aromatic nitrogens is 2. The van der Waals surface area contributed by atoms with Gasteiger partial charge in [-0.25, -0.2) is 0 Å². The normalized spacial score (nSPS) is 10.4. The average molecular weight is 281 g/mol. The maximum atomic E-state index is 6.02. The van der Waals surface area contributed by atoms with E-state index in [-0.39, 0.29) is 0 Å². The fourth-order valence-corrected chi connectivity index (χ4v) is 2.38. The number of rotatable bonds is 3. The van der Waals surface area contributed by atoms with Gasteiger partial charge in [0.15, 0.2) is 0 Å². The molecule has 0 radical (unpaired) electrons. The van der Waals surface area contributed by atoms with Crippen LogP contribution in [0.25, 0.3) is 11.1 Å². The maximum Gasteiger partial charge on any atom is 0.0408 e. The van der Waals surface area contributed by atoms with Crippen LogP contribution in [0.3, 0.4) is 0 Å². The zero-order valence-electron chi connectivity index (χ0n) is 10.8. The highest BCUT2D eigenvalue weighted by Crippen LogP contribution is 2.20. The van der Waals surface area contributed by atoms with E-state index in [1.165, 1.54) is 11.1 Å². The van der Waals surface area contributed by atoms with Gasteiger partial charge < -0.3 is 0 Å². The molecule has 0 aliphatic rings. The van der Waals surface area contributed by atoms with E-state index in [9.17, 15) is 0 Å². The van der Waals surface area contributed by atoms with Gasteiger partial charge in [-0.2, -0.15) is 0 Å². The van der Waals surface area contributed by atoms with E-state index in [1.807, 2.05) is 42.7 Å². The average Bonchev–Trinajstić information content (AvgIpc) is 2.48. The van der Waals surface area contributed by atoms with Crippen molar-refractivity contribution in [3.05, 3.63) is 83.4 Å². The summed E-state index contributed by atoms with van der Waals surface area (Å²) in [4.78, 5) is 8.36. The summed E-state index contributed by atoms with van der Waals surface area (Å²) in [5.74, 6) is 0. The van der Waals surface area contributed by atoms with Crippen LogP contribution >= 0.6 is 11.6 Å². The molecular formula is C17H13ClN2. The second-order valence-electron chi connectivity index (χ2n) is 4.62. The van der Waals surface area contributed by atoms with E-state index in [0.717, 1.165) is 22.6 Å². The van der Waals surface area contributed by atoms with Crippen molar-refractivity contribution >= 4 is 11.6 Å². The van der Waals surface area contributed by atoms with Crippen LogP contribution in [0.5, 0.6) is 0 Å². The highest BCUT2D eigenvalue weighted by Gasteiger charge is 2.02. The third kappa shape index (κ3) is 3.03. The monoisotopic (exact) mass is 280 g/mol. The Morgan fingerprint density at radius 2 is 1.65 bits per heavy atom. The Hall–Kier alpha value is -2.19. The third-order valence-electron chi connectivity index (χ3n) is 3.11. The summed E-state index contributed by atoms with van der Waals surface area (Å²) >= 11 is 6.02. The zero-order chi connectivity index (χ0) is 13.8. The molecule has 20 heavy (non-hydrogen) atoms. The first-order valence-corrected chi connectivity index (χ1v) is 6.78. The zero-order valence-corrected chi connectivity index (χ0v) is 11.6. The fourth-order valence-electron chi connectivity index (χ4n) is 2.17. The Bertz CT molecular complexity index is 711. The molecule has 98 valence electrons. The van der Waals surface area contributed by atoms with Crippen LogP contribution in [0.2, 0.25) is 5.02 Å². The molecule has 0 amide bonds. The first kappa shape index (κ1) is 12.8. The van der Waals surface area contributed by atoms with Crippen LogP contribution in [0, 0.1) is 0 Å². The Kier molecular flexibility index (Phi) is 3.75. The lowest BCUT2D eigenvalue weighted by atomic mass is 10.0. The Morgan fingerprint density at radius 1 is 0.800 bits per heavy atom. The molecular weight excluding hydrogens is 268 g/mol. The Labute approximate surface area is 123 Å². The van der Waals surface area contributed by atoms with Gasteiger partial charge in [0.1, 0.15) is 0 Å². The molecule has 0 saturated heterocycles. The Morgan fingerprint density at radius 3 is 2.45 bits per heavy atom. The summed E-state index contributed by atoms with van der Waals surface area (Å²) < 4.78 is 0. The summed E-state index contributed by atoms with van der Waals surface area (Å²) in [7, 11) is 0. The highest BCUT2D eigenvalue weighted by atomic mass is 35.5. The summed E-state index contributed by atoms with van der Waals surface area (Å²) in [5, 5.41) is 0.765. The van der Waals surface area contributed by atoms with Gasteiger partial charge in [-0.3, -0.25) is 9.97 Å². The molecule has 0 atom stereocenters. The predicted molar refractivity (Wildman–Crippen MR) is 81.7 cm³/mol. The van der Waals surface area contributed by atoms with Gasteiger partial charge in [-0.1, -0.05) is 23.7 Å². The molecule has 2 nitrogen and oxygen atoms in total. The summed E-state index contributed by atoms with van der Waals surface area (Å²) in [6, 6.07) is 14.0. The van der Waals surface area contributed by atoms with Crippen molar-refractivity contribution < 1.29 is 0 Å². The number of halogens is 1. The number of benzene rings is 1. The van der Waals surface area contributed by atoms with Gasteiger partial charge in [0.25, 0.3) is 0 Å². The molecule has 0 aliphatic heterocycles. The van der Waals surface area contributed by atoms with Gasteiger partial charge in [-0.05, 0) is 53.4 Å². The van der Waals surface area contributed by atoms with Gasteiger partial charge in [0.2, 0.25) is 0 Å². The number of hydrogen-bond donors (Lipinski definition) is 0. The van der Waals surface area contributed by atoms with Gasteiger partial charge in [-0.15, -0.1) is 0 Å². The molecule has 3 rings (SSSR count). The standard InChI is InChI=1S/C17H13ClN2/c18-17-3-1-2-13(10-17)8-14-9-16(12-20-11-14)15-4-6-19-7-5-15/h1-7,9-12H,8H2. The fraction of sp³-hybridized carbons (Fsp3) is 0.0588. The van der Waals surface area contributed by atoms with Crippen LogP contribution in [-0.4, -0.2) is 9.97 Å². The van der Waals surface area contributed by atoms with E-state index in [0.29, 0.717) is 0 Å². The summed E-state index contributed by atoms with van der Waals surface area (Å²) in [6.45, 7) is 0. The van der Waals surface area contributed by atoms with Crippen LogP contribution in [-0.2, 0) is 6.42 Å². The highest BCUT2D eigenvalue weighted by molar-refractivity contribution is 6.30. The molecule has 1 aromatic carbocycles. The number of pyridine rings is 2. The molecule has 3 aromatic rings. The van der Waals surface area contributed by atoms with E-state index < -0.39 is 0 Å². The summed E-state index contributed by atoms with van der Waals surface area (Å²) in [5.41, 5.74) is 4.58. The van der Waals surface area contributed by atoms with Crippen molar-refractivity contribution in [1.82, 2.24) is 9.97 Å². The van der Waals surface area contributed by atoms with Gasteiger partial charge in [0, 0.05) is 35.4 Å². The van der Waals surface area contributed by atoms with Gasteiger partial charge >= 0.3 is 0 Å². The smallest absolute Gasteiger partial charge is 0.0408 e. The van der Waals surface area contributed by atoms with E-state index in [2.05, 4.69) is 22.1 Å². The lowest BCUT2D eigenvalue weighted by Crippen LogP contribution is -1.91. The van der Waals surface area contributed by atoms with Crippen LogP contribution < -0.4 is 0 Å². The quantitative estimate of drug-likeness (QED) is 0.711. The summed E-state index contributed by atoms with van der Waals surface area (Å²) in [6.07, 6.45) is 8.17. The van der Waals surface area contributed by atoms with E-state index in [1.54, 1.807) is 12.4 Å². The van der Waals surface area contributed by atoms with Crippen molar-refractivity contribution in [2.75, 3.05) is 0 Å². The molecule has 0 aliphatic carbocycles. The molecule has 0 fully saturated rings. The van der Waals surface area contributed by atoms with Crippen molar-refractivity contribution in [3.8, 4) is 11.1 Å². The van der Waals surface area contributed by atoms with Gasteiger partial charge in [0.05, 0.1) is 0 Å². The molecule has 0 N–H and O–H groups in total. The van der Waals surface area contributed by atoms with Crippen molar-refractivity contribution in [1.29, 1.82) is 0 Å². The third-order valence-corrected chi connectivity index (χ3v) is 3.34. The minimum absolute atomic E-state index is 0.765. The topological polar surface area (TPSA) is 25.8 Å². The number of hydrogen-bond acceptors (Lipinski definition) is 2. The largest absolute Gasteiger partial charge is 0.265 e. The molecule has 0 unspecified atom stereocenters. The minimum atomic E-state index is 0.765. The van der Waals surface area contributed by atoms with Crippen LogP contribution in [0.15, 0.2) is 67.3 Å². The molecule has 3 heteroatoms. The lowest BCUT2D eigenvalue weighted by Gasteiger charge is -2.05. The molecule has 2 heterocycles. The van der Waals surface area contributed by atoms with Crippen molar-refractivity contribution in [2.24, 2.45) is 0 Å². The lowest BCUT2D eigenvalue weighted by molar-refractivity contribution is 1.15. The van der Waals surface area contributed by atoms with Crippen LogP contribution in [0.1, 0.15) is 11.1 Å². The predicted octanol–water partition coefficient (Wildman–Crippen LogP) is 4.39.